The van der Waals surface area contributed by atoms with Crippen molar-refractivity contribution in [3.8, 4) is 0 Å². The largest absolute Gasteiger partial charge is 0.370 e. The molecule has 102 valence electrons. The van der Waals surface area contributed by atoms with Gasteiger partial charge in [0.1, 0.15) is 0 Å². The highest BCUT2D eigenvalue weighted by molar-refractivity contribution is 9.10. The van der Waals surface area contributed by atoms with Gasteiger partial charge in [0, 0.05) is 29.4 Å². The molecule has 0 radical (unpaired) electrons. The first-order chi connectivity index (χ1) is 8.51. The highest BCUT2D eigenvalue weighted by Gasteiger charge is 2.15. The maximum absolute atomic E-state index is 5.90. The zero-order valence-corrected chi connectivity index (χ0v) is 14.0. The van der Waals surface area contributed by atoms with Crippen LogP contribution in [-0.2, 0) is 0 Å². The number of hydrogen-bond donors (Lipinski definition) is 1. The van der Waals surface area contributed by atoms with Crippen LogP contribution in [0, 0.1) is 0 Å². The molecule has 0 heterocycles. The number of nitrogens with two attached hydrogens (primary N) is 1. The van der Waals surface area contributed by atoms with Crippen LogP contribution in [0.1, 0.15) is 31.9 Å². The van der Waals surface area contributed by atoms with Crippen LogP contribution in [0.4, 0.5) is 5.69 Å². The van der Waals surface area contributed by atoms with Gasteiger partial charge in [-0.1, -0.05) is 13.0 Å². The lowest BCUT2D eigenvalue weighted by atomic mass is 10.1. The number of rotatable bonds is 6. The molecule has 2 atom stereocenters. The summed E-state index contributed by atoms with van der Waals surface area (Å²) < 4.78 is 1.12. The molecule has 0 fully saturated rings. The Kier molecular flexibility index (Phi) is 6.53. The van der Waals surface area contributed by atoms with Crippen molar-refractivity contribution in [3.05, 3.63) is 28.2 Å². The number of benzene rings is 1. The first kappa shape index (κ1) is 15.9. The van der Waals surface area contributed by atoms with Gasteiger partial charge in [0.05, 0.1) is 5.69 Å². The van der Waals surface area contributed by atoms with Crippen molar-refractivity contribution in [3.63, 3.8) is 0 Å². The first-order valence-electron chi connectivity index (χ1n) is 6.28. The van der Waals surface area contributed by atoms with Gasteiger partial charge < -0.3 is 10.6 Å². The van der Waals surface area contributed by atoms with Crippen molar-refractivity contribution < 1.29 is 0 Å². The lowest BCUT2D eigenvalue weighted by molar-refractivity contribution is 0.672. The fourth-order valence-electron chi connectivity index (χ4n) is 1.99. The van der Waals surface area contributed by atoms with Crippen molar-refractivity contribution in [2.75, 3.05) is 24.0 Å². The van der Waals surface area contributed by atoms with Gasteiger partial charge in [-0.15, -0.1) is 0 Å². The van der Waals surface area contributed by atoms with E-state index < -0.39 is 0 Å². The fourth-order valence-corrected chi connectivity index (χ4v) is 3.51. The molecule has 0 aliphatic rings. The maximum Gasteiger partial charge on any atom is 0.0511 e. The highest BCUT2D eigenvalue weighted by atomic mass is 79.9. The van der Waals surface area contributed by atoms with E-state index in [0.29, 0.717) is 6.04 Å². The van der Waals surface area contributed by atoms with Crippen LogP contribution in [0.5, 0.6) is 0 Å². The number of thioether (sulfide) groups is 1. The third-order valence-electron chi connectivity index (χ3n) is 3.26. The Balaban J connectivity index is 2.95. The van der Waals surface area contributed by atoms with Crippen molar-refractivity contribution in [2.45, 2.75) is 32.4 Å². The monoisotopic (exact) mass is 330 g/mol. The van der Waals surface area contributed by atoms with Crippen LogP contribution in [0.25, 0.3) is 0 Å². The van der Waals surface area contributed by atoms with Crippen LogP contribution in [0.15, 0.2) is 22.7 Å². The second-order valence-corrected chi connectivity index (χ2v) is 6.39. The molecule has 0 saturated carbocycles. The van der Waals surface area contributed by atoms with E-state index in [4.69, 9.17) is 5.73 Å². The SMILES string of the molecule is CCC(CSC)N(C)c1ccc(C(C)N)cc1Br. The van der Waals surface area contributed by atoms with E-state index in [2.05, 4.69) is 59.3 Å². The average Bonchev–Trinajstić information content (AvgIpc) is 2.34. The van der Waals surface area contributed by atoms with Crippen LogP contribution >= 0.6 is 27.7 Å². The third kappa shape index (κ3) is 3.90. The third-order valence-corrected chi connectivity index (χ3v) is 4.61. The highest BCUT2D eigenvalue weighted by Crippen LogP contribution is 2.30. The van der Waals surface area contributed by atoms with Gasteiger partial charge >= 0.3 is 0 Å². The normalized spacial score (nSPS) is 14.3. The molecule has 1 rings (SSSR count). The molecule has 2 nitrogen and oxygen atoms in total. The molecule has 1 aromatic carbocycles. The molecule has 0 amide bonds. The standard InChI is InChI=1S/C14H23BrN2S/c1-5-12(9-18-4)17(3)14-7-6-11(10(2)16)8-13(14)15/h6-8,10,12H,5,9,16H2,1-4H3. The molecule has 2 unspecified atom stereocenters. The van der Waals surface area contributed by atoms with Gasteiger partial charge in [-0.3, -0.25) is 0 Å². The van der Waals surface area contributed by atoms with Gasteiger partial charge in [-0.05, 0) is 53.2 Å². The Morgan fingerprint density at radius 1 is 1.44 bits per heavy atom. The summed E-state index contributed by atoms with van der Waals surface area (Å²) in [5, 5.41) is 0. The van der Waals surface area contributed by atoms with E-state index in [1.54, 1.807) is 0 Å². The molecular formula is C14H23BrN2S. The molecule has 0 saturated heterocycles. The summed E-state index contributed by atoms with van der Waals surface area (Å²) in [7, 11) is 2.16. The Bertz CT molecular complexity index is 382. The molecular weight excluding hydrogens is 308 g/mol. The van der Waals surface area contributed by atoms with E-state index in [0.717, 1.165) is 22.2 Å². The van der Waals surface area contributed by atoms with Gasteiger partial charge in [0.25, 0.3) is 0 Å². The predicted octanol–water partition coefficient (Wildman–Crippen LogP) is 4.05. The Morgan fingerprint density at radius 2 is 2.11 bits per heavy atom. The Hall–Kier alpha value is -0.190. The summed E-state index contributed by atoms with van der Waals surface area (Å²) in [6, 6.07) is 7.05. The van der Waals surface area contributed by atoms with E-state index in [1.807, 2.05) is 18.7 Å². The van der Waals surface area contributed by atoms with Crippen LogP contribution in [-0.4, -0.2) is 25.1 Å². The molecule has 0 aromatic heterocycles. The smallest absolute Gasteiger partial charge is 0.0511 e. The van der Waals surface area contributed by atoms with Gasteiger partial charge in [-0.25, -0.2) is 0 Å². The predicted molar refractivity (Wildman–Crippen MR) is 87.6 cm³/mol. The van der Waals surface area contributed by atoms with Crippen LogP contribution < -0.4 is 10.6 Å². The molecule has 18 heavy (non-hydrogen) atoms. The molecule has 0 spiro atoms. The zero-order chi connectivity index (χ0) is 13.7. The maximum atomic E-state index is 5.90. The van der Waals surface area contributed by atoms with Gasteiger partial charge in [0.15, 0.2) is 0 Å². The molecule has 4 heteroatoms. The second-order valence-electron chi connectivity index (χ2n) is 4.63. The first-order valence-corrected chi connectivity index (χ1v) is 8.46. The summed E-state index contributed by atoms with van der Waals surface area (Å²) >= 11 is 5.55. The molecule has 1 aromatic rings. The summed E-state index contributed by atoms with van der Waals surface area (Å²) in [5.74, 6) is 1.15. The number of hydrogen-bond acceptors (Lipinski definition) is 3. The number of nitrogens with zero attached hydrogens (tertiary/aromatic N) is 1. The van der Waals surface area contributed by atoms with E-state index in [-0.39, 0.29) is 6.04 Å². The van der Waals surface area contributed by atoms with Crippen LogP contribution in [0.3, 0.4) is 0 Å². The van der Waals surface area contributed by atoms with Crippen molar-refractivity contribution in [2.24, 2.45) is 5.73 Å². The summed E-state index contributed by atoms with van der Waals surface area (Å²) in [5.41, 5.74) is 8.30. The van der Waals surface area contributed by atoms with E-state index in [1.165, 1.54) is 5.69 Å². The van der Waals surface area contributed by atoms with E-state index >= 15 is 0 Å². The van der Waals surface area contributed by atoms with Crippen LogP contribution in [0.2, 0.25) is 0 Å². The molecule has 0 bridgehead atoms. The fraction of sp³-hybridized carbons (Fsp3) is 0.571. The Morgan fingerprint density at radius 3 is 2.56 bits per heavy atom. The minimum absolute atomic E-state index is 0.0776. The second kappa shape index (κ2) is 7.41. The average molecular weight is 331 g/mol. The van der Waals surface area contributed by atoms with Gasteiger partial charge in [0.2, 0.25) is 0 Å². The Labute approximate surface area is 123 Å². The number of halogens is 1. The molecule has 0 aliphatic heterocycles. The van der Waals surface area contributed by atoms with E-state index in [9.17, 15) is 0 Å². The number of anilines is 1. The van der Waals surface area contributed by atoms with Crippen molar-refractivity contribution in [1.82, 2.24) is 0 Å². The lowest BCUT2D eigenvalue weighted by Crippen LogP contribution is -2.33. The topological polar surface area (TPSA) is 29.3 Å². The zero-order valence-electron chi connectivity index (χ0n) is 11.6. The quantitative estimate of drug-likeness (QED) is 0.853. The summed E-state index contributed by atoms with van der Waals surface area (Å²) in [6.45, 7) is 4.25. The minimum Gasteiger partial charge on any atom is -0.370 e. The lowest BCUT2D eigenvalue weighted by Gasteiger charge is -2.30. The summed E-state index contributed by atoms with van der Waals surface area (Å²) in [6.07, 6.45) is 3.31. The summed E-state index contributed by atoms with van der Waals surface area (Å²) in [4.78, 5) is 2.35. The minimum atomic E-state index is 0.0776. The van der Waals surface area contributed by atoms with Crippen molar-refractivity contribution in [1.29, 1.82) is 0 Å². The molecule has 2 N–H and O–H groups in total. The van der Waals surface area contributed by atoms with Crippen molar-refractivity contribution >= 4 is 33.4 Å². The molecule has 0 aliphatic carbocycles. The van der Waals surface area contributed by atoms with Gasteiger partial charge in [-0.2, -0.15) is 11.8 Å².